The Bertz CT molecular complexity index is 422. The molecule has 3 nitrogen and oxygen atoms in total. The van der Waals surface area contributed by atoms with E-state index >= 15 is 0 Å². The van der Waals surface area contributed by atoms with Crippen LogP contribution in [0.3, 0.4) is 0 Å². The van der Waals surface area contributed by atoms with Gasteiger partial charge in [-0.05, 0) is 17.7 Å². The normalized spacial score (nSPS) is 24.6. The van der Waals surface area contributed by atoms with Gasteiger partial charge in [0.25, 0.3) is 0 Å². The third kappa shape index (κ3) is 1.90. The van der Waals surface area contributed by atoms with E-state index in [1.54, 1.807) is 0 Å². The third-order valence-corrected chi connectivity index (χ3v) is 2.90. The van der Waals surface area contributed by atoms with Crippen molar-refractivity contribution in [3.8, 4) is 0 Å². The van der Waals surface area contributed by atoms with Crippen molar-refractivity contribution in [1.82, 2.24) is 5.32 Å². The number of carboxylic acid groups (broad SMARTS) is 1. The zero-order chi connectivity index (χ0) is 11.7. The minimum atomic E-state index is -0.937. The van der Waals surface area contributed by atoms with Crippen LogP contribution in [0.25, 0.3) is 0 Å². The van der Waals surface area contributed by atoms with Crippen molar-refractivity contribution < 1.29 is 18.7 Å². The molecular weight excluding hydrogens is 216 g/mol. The lowest BCUT2D eigenvalue weighted by Crippen LogP contribution is -2.21. The predicted octanol–water partition coefficient (Wildman–Crippen LogP) is 1.35. The molecule has 2 atom stereocenters. The van der Waals surface area contributed by atoms with Crippen molar-refractivity contribution in [1.29, 1.82) is 0 Å². The summed E-state index contributed by atoms with van der Waals surface area (Å²) in [5.74, 6) is -3.65. The Labute approximate surface area is 91.1 Å². The van der Waals surface area contributed by atoms with Crippen LogP contribution in [0, 0.1) is 17.6 Å². The molecule has 1 aliphatic rings. The van der Waals surface area contributed by atoms with Gasteiger partial charge in [0.2, 0.25) is 0 Å². The van der Waals surface area contributed by atoms with Crippen molar-refractivity contribution in [2.45, 2.75) is 5.92 Å². The van der Waals surface area contributed by atoms with Gasteiger partial charge in [0.15, 0.2) is 11.6 Å². The lowest BCUT2D eigenvalue weighted by Gasteiger charge is -2.14. The molecule has 5 heteroatoms. The van der Waals surface area contributed by atoms with Crippen LogP contribution in [-0.4, -0.2) is 24.2 Å². The van der Waals surface area contributed by atoms with Gasteiger partial charge in [0.05, 0.1) is 5.92 Å². The second-order valence-corrected chi connectivity index (χ2v) is 3.88. The monoisotopic (exact) mass is 227 g/mol. The zero-order valence-electron chi connectivity index (χ0n) is 8.41. The highest BCUT2D eigenvalue weighted by molar-refractivity contribution is 5.72. The van der Waals surface area contributed by atoms with Crippen LogP contribution in [0.2, 0.25) is 0 Å². The highest BCUT2D eigenvalue weighted by Gasteiger charge is 2.34. The van der Waals surface area contributed by atoms with Crippen LogP contribution in [0.15, 0.2) is 18.2 Å². The van der Waals surface area contributed by atoms with Gasteiger partial charge < -0.3 is 10.4 Å². The summed E-state index contributed by atoms with van der Waals surface area (Å²) in [6.45, 7) is 0.834. The summed E-state index contributed by atoms with van der Waals surface area (Å²) in [6.07, 6.45) is 0. The molecule has 1 aliphatic heterocycles. The molecule has 0 bridgehead atoms. The number of rotatable bonds is 2. The van der Waals surface area contributed by atoms with Gasteiger partial charge in [-0.25, -0.2) is 8.78 Å². The predicted molar refractivity (Wildman–Crippen MR) is 53.1 cm³/mol. The van der Waals surface area contributed by atoms with Gasteiger partial charge in [-0.3, -0.25) is 4.79 Å². The highest BCUT2D eigenvalue weighted by Crippen LogP contribution is 2.29. The Balaban J connectivity index is 2.29. The first kappa shape index (κ1) is 11.0. The Morgan fingerprint density at radius 1 is 1.31 bits per heavy atom. The average Bonchev–Trinajstić information content (AvgIpc) is 2.71. The molecule has 1 heterocycles. The summed E-state index contributed by atoms with van der Waals surface area (Å²) in [5.41, 5.74) is 0.524. The van der Waals surface area contributed by atoms with Gasteiger partial charge >= 0.3 is 5.97 Å². The molecule has 0 saturated carbocycles. The highest BCUT2D eigenvalue weighted by atomic mass is 19.2. The minimum Gasteiger partial charge on any atom is -0.481 e. The van der Waals surface area contributed by atoms with E-state index in [1.165, 1.54) is 6.07 Å². The van der Waals surface area contributed by atoms with Crippen LogP contribution in [0.1, 0.15) is 11.5 Å². The third-order valence-electron chi connectivity index (χ3n) is 2.90. The first-order chi connectivity index (χ1) is 7.59. The molecule has 1 fully saturated rings. The molecule has 16 heavy (non-hydrogen) atoms. The number of carboxylic acids is 1. The van der Waals surface area contributed by atoms with E-state index in [0.29, 0.717) is 18.7 Å². The number of hydrogen-bond donors (Lipinski definition) is 2. The van der Waals surface area contributed by atoms with E-state index in [-0.39, 0.29) is 5.92 Å². The lowest BCUT2D eigenvalue weighted by atomic mass is 9.89. The largest absolute Gasteiger partial charge is 0.481 e. The Kier molecular flexibility index (Phi) is 2.87. The van der Waals surface area contributed by atoms with Crippen molar-refractivity contribution in [2.24, 2.45) is 5.92 Å². The maximum Gasteiger partial charge on any atom is 0.308 e. The number of halogens is 2. The van der Waals surface area contributed by atoms with E-state index in [1.807, 2.05) is 0 Å². The van der Waals surface area contributed by atoms with Crippen LogP contribution in [0.4, 0.5) is 8.78 Å². The van der Waals surface area contributed by atoms with Crippen molar-refractivity contribution >= 4 is 5.97 Å². The number of nitrogens with one attached hydrogen (secondary N) is 1. The quantitative estimate of drug-likeness (QED) is 0.801. The van der Waals surface area contributed by atoms with E-state index < -0.39 is 23.5 Å². The first-order valence-corrected chi connectivity index (χ1v) is 4.98. The lowest BCUT2D eigenvalue weighted by molar-refractivity contribution is -0.141. The van der Waals surface area contributed by atoms with E-state index in [0.717, 1.165) is 12.1 Å². The molecule has 1 aromatic rings. The van der Waals surface area contributed by atoms with E-state index in [4.69, 9.17) is 5.11 Å². The molecular formula is C11H11F2NO2. The standard InChI is InChI=1S/C11H11F2NO2/c12-9-2-1-6(3-10(9)13)7-4-14-5-8(7)11(15)16/h1-3,7-8,14H,4-5H2,(H,15,16). The summed E-state index contributed by atoms with van der Waals surface area (Å²) >= 11 is 0. The molecule has 2 N–H and O–H groups in total. The van der Waals surface area contributed by atoms with Crippen LogP contribution < -0.4 is 5.32 Å². The van der Waals surface area contributed by atoms with Gasteiger partial charge in [-0.2, -0.15) is 0 Å². The summed E-state index contributed by atoms with van der Waals surface area (Å²) in [4.78, 5) is 10.9. The number of hydrogen-bond acceptors (Lipinski definition) is 2. The number of carbonyl (C=O) groups is 1. The molecule has 0 radical (unpaired) electrons. The first-order valence-electron chi connectivity index (χ1n) is 4.98. The van der Waals surface area contributed by atoms with Gasteiger partial charge in [0.1, 0.15) is 0 Å². The molecule has 0 amide bonds. The Morgan fingerprint density at radius 2 is 2.06 bits per heavy atom. The Morgan fingerprint density at radius 3 is 2.69 bits per heavy atom. The van der Waals surface area contributed by atoms with Gasteiger partial charge in [-0.1, -0.05) is 6.07 Å². The molecule has 2 unspecified atom stereocenters. The second kappa shape index (κ2) is 4.17. The molecule has 1 aromatic carbocycles. The van der Waals surface area contributed by atoms with Crippen LogP contribution in [-0.2, 0) is 4.79 Å². The number of benzene rings is 1. The molecule has 0 spiro atoms. The fourth-order valence-electron chi connectivity index (χ4n) is 2.03. The van der Waals surface area contributed by atoms with Crippen molar-refractivity contribution in [2.75, 3.05) is 13.1 Å². The molecule has 1 saturated heterocycles. The maximum absolute atomic E-state index is 13.0. The Hall–Kier alpha value is -1.49. The average molecular weight is 227 g/mol. The summed E-state index contributed by atoms with van der Waals surface area (Å²) in [6, 6.07) is 3.54. The fraction of sp³-hybridized carbons (Fsp3) is 0.364. The smallest absolute Gasteiger partial charge is 0.308 e. The van der Waals surface area contributed by atoms with Crippen molar-refractivity contribution in [3.63, 3.8) is 0 Å². The van der Waals surface area contributed by atoms with Crippen LogP contribution in [0.5, 0.6) is 0 Å². The summed E-state index contributed by atoms with van der Waals surface area (Å²) < 4.78 is 25.8. The summed E-state index contributed by atoms with van der Waals surface area (Å²) in [7, 11) is 0. The second-order valence-electron chi connectivity index (χ2n) is 3.88. The SMILES string of the molecule is O=C(O)C1CNCC1c1ccc(F)c(F)c1. The van der Waals surface area contributed by atoms with Gasteiger partial charge in [0, 0.05) is 19.0 Å². The van der Waals surface area contributed by atoms with E-state index in [2.05, 4.69) is 5.32 Å². The zero-order valence-corrected chi connectivity index (χ0v) is 8.41. The topological polar surface area (TPSA) is 49.3 Å². The minimum absolute atomic E-state index is 0.299. The molecule has 2 rings (SSSR count). The van der Waals surface area contributed by atoms with Crippen LogP contribution >= 0.6 is 0 Å². The van der Waals surface area contributed by atoms with E-state index in [9.17, 15) is 13.6 Å². The molecule has 0 aromatic heterocycles. The van der Waals surface area contributed by atoms with Gasteiger partial charge in [-0.15, -0.1) is 0 Å². The summed E-state index contributed by atoms with van der Waals surface area (Å²) in [5, 5.41) is 11.9. The molecule has 0 aliphatic carbocycles. The maximum atomic E-state index is 13.0. The van der Waals surface area contributed by atoms with Crippen molar-refractivity contribution in [3.05, 3.63) is 35.4 Å². The number of aliphatic carboxylic acids is 1. The fourth-order valence-corrected chi connectivity index (χ4v) is 2.03. The molecule has 86 valence electrons.